The fourth-order valence-electron chi connectivity index (χ4n) is 2.29. The number of pyridine rings is 1. The van der Waals surface area contributed by atoms with Gasteiger partial charge in [-0.05, 0) is 26.3 Å². The standard InChI is InChI=1S/C20H27N5O3/c1-13(14-8-6-5-7-9-14)24-19(26)25-17-10-16(21)15(11-23-17)18(22)28-12-20(2,3)27-4/h5-11,13,22H,12H2,1-4H3,(H4,21,23,24,25,26)/t13-/m1/s1. The van der Waals surface area contributed by atoms with Crippen molar-refractivity contribution in [2.24, 2.45) is 0 Å². The fourth-order valence-corrected chi connectivity index (χ4v) is 2.29. The maximum atomic E-state index is 12.2. The molecule has 0 fully saturated rings. The van der Waals surface area contributed by atoms with Gasteiger partial charge in [-0.25, -0.2) is 9.78 Å². The summed E-state index contributed by atoms with van der Waals surface area (Å²) in [4.78, 5) is 16.3. The molecule has 1 atom stereocenters. The van der Waals surface area contributed by atoms with Crippen molar-refractivity contribution in [3.8, 4) is 0 Å². The highest BCUT2D eigenvalue weighted by atomic mass is 16.5. The number of nitrogen functional groups attached to an aromatic ring is 1. The number of urea groups is 1. The van der Waals surface area contributed by atoms with Crippen LogP contribution in [0.15, 0.2) is 42.6 Å². The van der Waals surface area contributed by atoms with Crippen LogP contribution in [-0.4, -0.2) is 36.2 Å². The van der Waals surface area contributed by atoms with Crippen molar-refractivity contribution >= 4 is 23.4 Å². The molecule has 0 aliphatic rings. The van der Waals surface area contributed by atoms with Crippen molar-refractivity contribution < 1.29 is 14.3 Å². The molecule has 2 amide bonds. The molecule has 0 radical (unpaired) electrons. The second kappa shape index (κ2) is 9.18. The number of carbonyl (C=O) groups is 1. The Morgan fingerprint density at radius 3 is 2.61 bits per heavy atom. The number of nitrogens with one attached hydrogen (secondary N) is 3. The van der Waals surface area contributed by atoms with Crippen molar-refractivity contribution in [3.05, 3.63) is 53.7 Å². The summed E-state index contributed by atoms with van der Waals surface area (Å²) in [6.45, 7) is 5.79. The number of nitrogens with two attached hydrogens (primary N) is 1. The number of rotatable bonds is 7. The van der Waals surface area contributed by atoms with Crippen molar-refractivity contribution in [1.82, 2.24) is 10.3 Å². The van der Waals surface area contributed by atoms with E-state index in [2.05, 4.69) is 15.6 Å². The Balaban J connectivity index is 1.96. The summed E-state index contributed by atoms with van der Waals surface area (Å²) in [5.74, 6) is 0.174. The van der Waals surface area contributed by atoms with E-state index in [1.165, 1.54) is 12.3 Å². The van der Waals surface area contributed by atoms with Gasteiger partial charge < -0.3 is 20.5 Å². The molecule has 1 aromatic carbocycles. The van der Waals surface area contributed by atoms with E-state index in [4.69, 9.17) is 20.6 Å². The minimum absolute atomic E-state index is 0.108. The number of aromatic nitrogens is 1. The van der Waals surface area contributed by atoms with Crippen LogP contribution in [0.5, 0.6) is 0 Å². The first-order chi connectivity index (χ1) is 13.2. The van der Waals surface area contributed by atoms with Crippen LogP contribution in [0.3, 0.4) is 0 Å². The average molecular weight is 385 g/mol. The molecule has 5 N–H and O–H groups in total. The predicted molar refractivity (Wildman–Crippen MR) is 110 cm³/mol. The topological polar surface area (TPSA) is 122 Å². The minimum atomic E-state index is -0.524. The molecule has 8 nitrogen and oxygen atoms in total. The van der Waals surface area contributed by atoms with E-state index in [0.29, 0.717) is 5.56 Å². The summed E-state index contributed by atoms with van der Waals surface area (Å²) in [6, 6.07) is 10.5. The number of hydrogen-bond acceptors (Lipinski definition) is 6. The number of carbonyl (C=O) groups excluding carboxylic acids is 1. The van der Waals surface area contributed by atoms with Crippen molar-refractivity contribution in [2.75, 3.05) is 24.8 Å². The third-order valence-corrected chi connectivity index (χ3v) is 4.19. The van der Waals surface area contributed by atoms with E-state index in [1.807, 2.05) is 51.1 Å². The quantitative estimate of drug-likeness (QED) is 0.430. The molecule has 1 aromatic heterocycles. The Bertz CT molecular complexity index is 824. The molecule has 0 aliphatic heterocycles. The summed E-state index contributed by atoms with van der Waals surface area (Å²) in [7, 11) is 1.58. The van der Waals surface area contributed by atoms with Gasteiger partial charge in [0.05, 0.1) is 17.2 Å². The van der Waals surface area contributed by atoms with E-state index >= 15 is 0 Å². The lowest BCUT2D eigenvalue weighted by Crippen LogP contribution is -2.31. The Kier molecular flexibility index (Phi) is 6.94. The van der Waals surface area contributed by atoms with Crippen LogP contribution in [0.1, 0.15) is 37.9 Å². The predicted octanol–water partition coefficient (Wildman–Crippen LogP) is 3.31. The highest BCUT2D eigenvalue weighted by Crippen LogP contribution is 2.18. The van der Waals surface area contributed by atoms with Gasteiger partial charge in [0.1, 0.15) is 12.4 Å². The summed E-state index contributed by atoms with van der Waals surface area (Å²) in [5, 5.41) is 13.5. The normalized spacial score (nSPS) is 12.1. The molecule has 0 saturated heterocycles. The molecule has 2 aromatic rings. The van der Waals surface area contributed by atoms with Gasteiger partial charge in [-0.1, -0.05) is 30.3 Å². The van der Waals surface area contributed by atoms with Crippen LogP contribution in [-0.2, 0) is 9.47 Å². The SMILES string of the molecule is COC(C)(C)COC(=N)c1cnc(NC(=O)N[C@H](C)c2ccccc2)cc1N. The molecule has 0 bridgehead atoms. The smallest absolute Gasteiger partial charge is 0.320 e. The van der Waals surface area contributed by atoms with E-state index < -0.39 is 11.6 Å². The molecule has 28 heavy (non-hydrogen) atoms. The highest BCUT2D eigenvalue weighted by Gasteiger charge is 2.19. The van der Waals surface area contributed by atoms with Gasteiger partial charge in [0.25, 0.3) is 0 Å². The first kappa shape index (κ1) is 21.2. The van der Waals surface area contributed by atoms with Gasteiger partial charge in [-0.15, -0.1) is 0 Å². The molecule has 0 spiro atoms. The lowest BCUT2D eigenvalue weighted by molar-refractivity contribution is -0.0182. The first-order valence-corrected chi connectivity index (χ1v) is 8.86. The number of anilines is 2. The fraction of sp³-hybridized carbons (Fsp3) is 0.350. The zero-order valence-corrected chi connectivity index (χ0v) is 16.6. The maximum absolute atomic E-state index is 12.2. The third-order valence-electron chi connectivity index (χ3n) is 4.19. The second-order valence-corrected chi connectivity index (χ2v) is 6.97. The number of nitrogens with zero attached hydrogens (tertiary/aromatic N) is 1. The maximum Gasteiger partial charge on any atom is 0.320 e. The van der Waals surface area contributed by atoms with E-state index in [1.54, 1.807) is 7.11 Å². The average Bonchev–Trinajstić information content (AvgIpc) is 2.67. The van der Waals surface area contributed by atoms with Crippen molar-refractivity contribution in [2.45, 2.75) is 32.4 Å². The Morgan fingerprint density at radius 1 is 1.32 bits per heavy atom. The van der Waals surface area contributed by atoms with Gasteiger partial charge in [-0.3, -0.25) is 10.7 Å². The summed E-state index contributed by atoms with van der Waals surface area (Å²) < 4.78 is 10.7. The lowest BCUT2D eigenvalue weighted by atomic mass is 10.1. The van der Waals surface area contributed by atoms with E-state index in [9.17, 15) is 4.79 Å². The number of ether oxygens (including phenoxy) is 2. The number of hydrogen-bond donors (Lipinski definition) is 4. The first-order valence-electron chi connectivity index (χ1n) is 8.86. The summed E-state index contributed by atoms with van der Waals surface area (Å²) >= 11 is 0. The monoisotopic (exact) mass is 385 g/mol. The zero-order chi connectivity index (χ0) is 20.7. The van der Waals surface area contributed by atoms with Crippen LogP contribution < -0.4 is 16.4 Å². The molecule has 8 heteroatoms. The highest BCUT2D eigenvalue weighted by molar-refractivity contribution is 5.97. The summed E-state index contributed by atoms with van der Waals surface area (Å²) in [5.41, 5.74) is 7.09. The van der Waals surface area contributed by atoms with Crippen molar-refractivity contribution in [3.63, 3.8) is 0 Å². The van der Waals surface area contributed by atoms with Gasteiger partial charge in [-0.2, -0.15) is 0 Å². The van der Waals surface area contributed by atoms with E-state index in [0.717, 1.165) is 5.56 Å². The van der Waals surface area contributed by atoms with Gasteiger partial charge in [0.15, 0.2) is 0 Å². The Hall–Kier alpha value is -3.13. The molecule has 2 rings (SSSR count). The third kappa shape index (κ3) is 5.95. The van der Waals surface area contributed by atoms with E-state index in [-0.39, 0.29) is 30.1 Å². The molecule has 0 unspecified atom stereocenters. The van der Waals surface area contributed by atoms with Crippen LogP contribution in [0.25, 0.3) is 0 Å². The number of methoxy groups -OCH3 is 1. The molecular formula is C20H27N5O3. The zero-order valence-electron chi connectivity index (χ0n) is 16.6. The molecule has 0 aliphatic carbocycles. The van der Waals surface area contributed by atoms with Gasteiger partial charge >= 0.3 is 6.03 Å². The Morgan fingerprint density at radius 2 is 2.00 bits per heavy atom. The van der Waals surface area contributed by atoms with Gasteiger partial charge in [0.2, 0.25) is 5.90 Å². The molecule has 1 heterocycles. The number of benzene rings is 1. The number of amides is 2. The molecule has 0 saturated carbocycles. The molecule has 150 valence electrons. The molecular weight excluding hydrogens is 358 g/mol. The van der Waals surface area contributed by atoms with Crippen LogP contribution in [0.2, 0.25) is 0 Å². The van der Waals surface area contributed by atoms with Crippen LogP contribution in [0, 0.1) is 5.41 Å². The van der Waals surface area contributed by atoms with Gasteiger partial charge in [0, 0.05) is 25.1 Å². The van der Waals surface area contributed by atoms with Crippen LogP contribution >= 0.6 is 0 Å². The van der Waals surface area contributed by atoms with Crippen molar-refractivity contribution in [1.29, 1.82) is 5.41 Å². The van der Waals surface area contributed by atoms with Crippen LogP contribution in [0.4, 0.5) is 16.3 Å². The lowest BCUT2D eigenvalue weighted by Gasteiger charge is -2.23. The second-order valence-electron chi connectivity index (χ2n) is 6.97. The summed E-state index contributed by atoms with van der Waals surface area (Å²) in [6.07, 6.45) is 1.40. The minimum Gasteiger partial charge on any atom is -0.474 e. The largest absolute Gasteiger partial charge is 0.474 e. The Labute approximate surface area is 165 Å².